The minimum Gasteiger partial charge on any atom is -0.490 e. The van der Waals surface area contributed by atoms with E-state index in [1.807, 2.05) is 57.2 Å². The van der Waals surface area contributed by atoms with E-state index < -0.39 is 5.60 Å². The fourth-order valence-electron chi connectivity index (χ4n) is 3.68. The van der Waals surface area contributed by atoms with Crippen molar-refractivity contribution in [2.45, 2.75) is 77.4 Å². The van der Waals surface area contributed by atoms with Crippen LogP contribution in [-0.2, 0) is 16.0 Å². The van der Waals surface area contributed by atoms with Gasteiger partial charge in [-0.1, -0.05) is 42.5 Å². The molecule has 0 aliphatic heterocycles. The second-order valence-electron chi connectivity index (χ2n) is 9.81. The van der Waals surface area contributed by atoms with Gasteiger partial charge in [-0.3, -0.25) is 4.79 Å². The summed E-state index contributed by atoms with van der Waals surface area (Å²) in [7, 11) is 0. The molecule has 5 heteroatoms. The standard InChI is InChI=1S/C27H36ClNO3/c1-19-8-7-10-23(15-14-22(28)17-24(19)29-18-20-12-13-20)31-25-11-6-5-9-21(25)16-26(30)32-27(2,3)4/h5-6,9,11,14,17,20,23,29H,1,7-8,10,12-13,15-16,18H2,2-4H3/b22-14+,24-17+. The van der Waals surface area contributed by atoms with Crippen molar-refractivity contribution < 1.29 is 14.3 Å². The largest absolute Gasteiger partial charge is 0.490 e. The second kappa shape index (κ2) is 11.1. The van der Waals surface area contributed by atoms with Crippen LogP contribution in [0, 0.1) is 5.92 Å². The maximum Gasteiger partial charge on any atom is 0.310 e. The maximum atomic E-state index is 12.3. The van der Waals surface area contributed by atoms with Gasteiger partial charge in [-0.05, 0) is 76.5 Å². The first kappa shape index (κ1) is 24.4. The highest BCUT2D eigenvalue weighted by molar-refractivity contribution is 6.31. The van der Waals surface area contributed by atoms with Crippen LogP contribution in [0.5, 0.6) is 5.75 Å². The van der Waals surface area contributed by atoms with Gasteiger partial charge in [-0.25, -0.2) is 0 Å². The van der Waals surface area contributed by atoms with Gasteiger partial charge in [0.25, 0.3) is 0 Å². The predicted octanol–water partition coefficient (Wildman–Crippen LogP) is 6.45. The lowest BCUT2D eigenvalue weighted by atomic mass is 10.0. The molecule has 0 bridgehead atoms. The number of halogens is 1. The predicted molar refractivity (Wildman–Crippen MR) is 131 cm³/mol. The Morgan fingerprint density at radius 3 is 2.69 bits per heavy atom. The third-order valence-electron chi connectivity index (χ3n) is 5.54. The summed E-state index contributed by atoms with van der Waals surface area (Å²) in [5, 5.41) is 4.23. The molecule has 1 saturated carbocycles. The molecule has 0 heterocycles. The lowest BCUT2D eigenvalue weighted by Gasteiger charge is -2.23. The van der Waals surface area contributed by atoms with Crippen LogP contribution in [0.2, 0.25) is 0 Å². The van der Waals surface area contributed by atoms with Crippen LogP contribution >= 0.6 is 11.6 Å². The number of ether oxygens (including phenoxy) is 2. The van der Waals surface area contributed by atoms with E-state index in [1.54, 1.807) is 0 Å². The fraction of sp³-hybridized carbons (Fsp3) is 0.519. The van der Waals surface area contributed by atoms with Gasteiger partial charge in [0.05, 0.1) is 6.42 Å². The van der Waals surface area contributed by atoms with Crippen molar-refractivity contribution >= 4 is 17.6 Å². The van der Waals surface area contributed by atoms with Crippen molar-refractivity contribution in [3.8, 4) is 5.75 Å². The van der Waals surface area contributed by atoms with E-state index >= 15 is 0 Å². The summed E-state index contributed by atoms with van der Waals surface area (Å²) in [4.78, 5) is 12.3. The molecule has 1 aromatic carbocycles. The van der Waals surface area contributed by atoms with Crippen LogP contribution in [0.15, 0.2) is 59.3 Å². The molecule has 1 fully saturated rings. The topological polar surface area (TPSA) is 47.6 Å². The third-order valence-corrected chi connectivity index (χ3v) is 5.81. The van der Waals surface area contributed by atoms with Crippen molar-refractivity contribution in [1.29, 1.82) is 0 Å². The van der Waals surface area contributed by atoms with Gasteiger partial charge in [0, 0.05) is 29.3 Å². The van der Waals surface area contributed by atoms with Gasteiger partial charge >= 0.3 is 5.97 Å². The number of benzene rings is 1. The minimum absolute atomic E-state index is 0.0225. The van der Waals surface area contributed by atoms with Gasteiger partial charge in [0.1, 0.15) is 17.5 Å². The minimum atomic E-state index is -0.507. The number of carbonyl (C=O) groups excluding carboxylic acids is 1. The monoisotopic (exact) mass is 457 g/mol. The van der Waals surface area contributed by atoms with E-state index in [0.717, 1.165) is 54.3 Å². The van der Waals surface area contributed by atoms with Gasteiger partial charge in [-0.2, -0.15) is 0 Å². The molecule has 1 N–H and O–H groups in total. The molecular weight excluding hydrogens is 422 g/mol. The number of rotatable bonds is 7. The molecule has 2 aliphatic rings. The number of hydrogen-bond acceptors (Lipinski definition) is 4. The molecule has 1 aromatic rings. The summed E-state index contributed by atoms with van der Waals surface area (Å²) in [6, 6.07) is 7.69. The van der Waals surface area contributed by atoms with Crippen molar-refractivity contribution in [3.63, 3.8) is 0 Å². The molecule has 174 valence electrons. The van der Waals surface area contributed by atoms with Crippen LogP contribution in [0.3, 0.4) is 0 Å². The highest BCUT2D eigenvalue weighted by atomic mass is 35.5. The third kappa shape index (κ3) is 8.38. The van der Waals surface area contributed by atoms with E-state index in [2.05, 4.69) is 11.9 Å². The van der Waals surface area contributed by atoms with E-state index in [9.17, 15) is 4.79 Å². The van der Waals surface area contributed by atoms with Gasteiger partial charge in [0.15, 0.2) is 0 Å². The quantitative estimate of drug-likeness (QED) is 0.477. The highest BCUT2D eigenvalue weighted by Gasteiger charge is 2.22. The molecule has 0 amide bonds. The molecule has 4 nitrogen and oxygen atoms in total. The van der Waals surface area contributed by atoms with E-state index in [-0.39, 0.29) is 18.5 Å². The number of allylic oxidation sites excluding steroid dienone is 3. The smallest absolute Gasteiger partial charge is 0.310 e. The average Bonchev–Trinajstić information content (AvgIpc) is 3.53. The van der Waals surface area contributed by atoms with Gasteiger partial charge < -0.3 is 14.8 Å². The van der Waals surface area contributed by atoms with E-state index in [1.165, 1.54) is 12.8 Å². The lowest BCUT2D eigenvalue weighted by molar-refractivity contribution is -0.153. The molecule has 1 unspecified atom stereocenters. The molecular formula is C27H36ClNO3. The number of esters is 1. The van der Waals surface area contributed by atoms with Crippen LogP contribution in [0.1, 0.15) is 64.9 Å². The first-order valence-corrected chi connectivity index (χ1v) is 12.0. The molecule has 1 atom stereocenters. The molecule has 0 spiro atoms. The van der Waals surface area contributed by atoms with Crippen molar-refractivity contribution in [2.75, 3.05) is 6.54 Å². The van der Waals surface area contributed by atoms with Crippen molar-refractivity contribution in [3.05, 3.63) is 64.9 Å². The number of hydrogen-bond donors (Lipinski definition) is 1. The number of para-hydroxylation sites is 1. The zero-order chi connectivity index (χ0) is 23.1. The van der Waals surface area contributed by atoms with Gasteiger partial charge in [-0.15, -0.1) is 0 Å². The Labute approximate surface area is 197 Å². The summed E-state index contributed by atoms with van der Waals surface area (Å²) in [5.74, 6) is 1.27. The van der Waals surface area contributed by atoms with Crippen LogP contribution in [-0.4, -0.2) is 24.2 Å². The molecule has 3 rings (SSSR count). The Morgan fingerprint density at radius 1 is 1.22 bits per heavy atom. The Morgan fingerprint density at radius 2 is 1.97 bits per heavy atom. The molecule has 2 aliphatic carbocycles. The van der Waals surface area contributed by atoms with Crippen molar-refractivity contribution in [2.24, 2.45) is 5.92 Å². The van der Waals surface area contributed by atoms with Crippen LogP contribution in [0.25, 0.3) is 0 Å². The number of carbonyl (C=O) groups is 1. The maximum absolute atomic E-state index is 12.3. The summed E-state index contributed by atoms with van der Waals surface area (Å²) < 4.78 is 11.9. The Hall–Kier alpha value is -2.20. The summed E-state index contributed by atoms with van der Waals surface area (Å²) in [6.07, 6.45) is 10.3. The average molecular weight is 458 g/mol. The first-order valence-electron chi connectivity index (χ1n) is 11.7. The Balaban J connectivity index is 1.67. The molecule has 0 aromatic heterocycles. The first-order chi connectivity index (χ1) is 15.2. The summed E-state index contributed by atoms with van der Waals surface area (Å²) in [5.41, 5.74) is 2.47. The second-order valence-corrected chi connectivity index (χ2v) is 10.3. The highest BCUT2D eigenvalue weighted by Crippen LogP contribution is 2.30. The summed E-state index contributed by atoms with van der Waals surface area (Å²) >= 11 is 6.53. The van der Waals surface area contributed by atoms with Crippen LogP contribution < -0.4 is 10.1 Å². The van der Waals surface area contributed by atoms with E-state index in [0.29, 0.717) is 11.5 Å². The normalized spacial score (nSPS) is 23.4. The lowest BCUT2D eigenvalue weighted by Crippen LogP contribution is -2.25. The SMILES string of the molecule is C=C1CCCC(Oc2ccccc2CC(=O)OC(C)(C)C)C/C=C(Cl)\C=C/1NCC1CC1. The van der Waals surface area contributed by atoms with Gasteiger partial charge in [0.2, 0.25) is 0 Å². The zero-order valence-corrected chi connectivity index (χ0v) is 20.3. The Bertz CT molecular complexity index is 877. The molecule has 0 radical (unpaired) electrons. The van der Waals surface area contributed by atoms with Crippen molar-refractivity contribution in [1.82, 2.24) is 5.32 Å². The summed E-state index contributed by atoms with van der Waals surface area (Å²) in [6.45, 7) is 10.9. The molecule has 0 saturated heterocycles. The zero-order valence-electron chi connectivity index (χ0n) is 19.6. The van der Waals surface area contributed by atoms with E-state index in [4.69, 9.17) is 21.1 Å². The number of nitrogens with one attached hydrogen (secondary N) is 1. The fourth-order valence-corrected chi connectivity index (χ4v) is 3.87. The van der Waals surface area contributed by atoms with Crippen LogP contribution in [0.4, 0.5) is 0 Å². The Kier molecular flexibility index (Phi) is 8.47. The molecule has 32 heavy (non-hydrogen) atoms.